The Hall–Kier alpha value is -2.83. The maximum atomic E-state index is 13.4. The molecule has 0 aliphatic heterocycles. The molecule has 5 nitrogen and oxygen atoms in total. The highest BCUT2D eigenvalue weighted by atomic mass is 19.1. The normalized spacial score (nSPS) is 16.3. The van der Waals surface area contributed by atoms with Crippen molar-refractivity contribution >= 4 is 5.78 Å². The van der Waals surface area contributed by atoms with Gasteiger partial charge in [0.2, 0.25) is 0 Å². The van der Waals surface area contributed by atoms with Crippen molar-refractivity contribution in [3.8, 4) is 16.9 Å². The van der Waals surface area contributed by atoms with Gasteiger partial charge in [0.05, 0.1) is 23.7 Å². The highest BCUT2D eigenvalue weighted by molar-refractivity contribution is 5.79. The molecule has 28 heavy (non-hydrogen) atoms. The lowest BCUT2D eigenvalue weighted by atomic mass is 9.82. The molecular weight excluding hydrogens is 359 g/mol. The van der Waals surface area contributed by atoms with Crippen LogP contribution in [0.1, 0.15) is 36.9 Å². The van der Waals surface area contributed by atoms with Crippen molar-refractivity contribution in [2.75, 3.05) is 0 Å². The summed E-state index contributed by atoms with van der Waals surface area (Å²) in [6.07, 6.45) is 1.35. The molecule has 2 aromatic carbocycles. The average molecular weight is 380 g/mol. The third-order valence-electron chi connectivity index (χ3n) is 5.32. The average Bonchev–Trinajstić information content (AvgIpc) is 3.17. The van der Waals surface area contributed by atoms with Gasteiger partial charge in [-0.1, -0.05) is 24.3 Å². The largest absolute Gasteiger partial charge is 0.392 e. The van der Waals surface area contributed by atoms with E-state index in [9.17, 15) is 19.4 Å². The second kappa shape index (κ2) is 7.30. The van der Waals surface area contributed by atoms with Crippen LogP contribution in [0, 0.1) is 5.82 Å². The Balaban J connectivity index is 1.81. The molecule has 2 N–H and O–H groups in total. The summed E-state index contributed by atoms with van der Waals surface area (Å²) < 4.78 is 15.1. The lowest BCUT2D eigenvalue weighted by Crippen LogP contribution is -2.32. The summed E-state index contributed by atoms with van der Waals surface area (Å²) >= 11 is 0. The molecule has 1 aromatic heterocycles. The van der Waals surface area contributed by atoms with E-state index >= 15 is 0 Å². The van der Waals surface area contributed by atoms with Crippen LogP contribution in [0.2, 0.25) is 0 Å². The number of rotatable bonds is 4. The van der Waals surface area contributed by atoms with Gasteiger partial charge < -0.3 is 10.2 Å². The van der Waals surface area contributed by atoms with Crippen molar-refractivity contribution in [3.63, 3.8) is 0 Å². The van der Waals surface area contributed by atoms with Gasteiger partial charge in [0.25, 0.3) is 0 Å². The fraction of sp³-hybridized carbons (Fsp3) is 0.273. The number of ketones is 1. The molecule has 0 bridgehead atoms. The first-order valence-corrected chi connectivity index (χ1v) is 9.29. The Morgan fingerprint density at radius 3 is 2.29 bits per heavy atom. The third kappa shape index (κ3) is 3.48. The van der Waals surface area contributed by atoms with Crippen LogP contribution in [0.4, 0.5) is 4.39 Å². The van der Waals surface area contributed by atoms with Crippen LogP contribution >= 0.6 is 0 Å². The van der Waals surface area contributed by atoms with Crippen LogP contribution in [0.25, 0.3) is 16.9 Å². The first kappa shape index (κ1) is 18.5. The minimum Gasteiger partial charge on any atom is -0.392 e. The fourth-order valence-electron chi connectivity index (χ4n) is 3.57. The van der Waals surface area contributed by atoms with Crippen LogP contribution in [0.15, 0.2) is 54.6 Å². The lowest BCUT2D eigenvalue weighted by molar-refractivity contribution is -0.125. The second-order valence-corrected chi connectivity index (χ2v) is 7.23. The Kier molecular flexibility index (Phi) is 4.83. The predicted molar refractivity (Wildman–Crippen MR) is 102 cm³/mol. The Morgan fingerprint density at radius 2 is 1.68 bits per heavy atom. The van der Waals surface area contributed by atoms with E-state index in [4.69, 9.17) is 0 Å². The molecule has 1 aliphatic carbocycles. The first-order valence-electron chi connectivity index (χ1n) is 9.29. The van der Waals surface area contributed by atoms with E-state index in [1.54, 1.807) is 16.8 Å². The van der Waals surface area contributed by atoms with Gasteiger partial charge in [-0.3, -0.25) is 4.79 Å². The first-order chi connectivity index (χ1) is 13.5. The standard InChI is InChI=1S/C22H21FN2O3/c23-17-5-7-18(8-6-17)25-20(16-3-1-15(14-26)2-4-16)13-21(24-25)22(28)11-9-19(27)10-12-22/h1-8,13,26,28H,9-12,14H2. The molecule has 1 saturated carbocycles. The zero-order valence-corrected chi connectivity index (χ0v) is 15.3. The number of aromatic nitrogens is 2. The Bertz CT molecular complexity index is 984. The van der Waals surface area contributed by atoms with E-state index < -0.39 is 5.60 Å². The summed E-state index contributed by atoms with van der Waals surface area (Å²) in [4.78, 5) is 11.6. The minimum absolute atomic E-state index is 0.0451. The van der Waals surface area contributed by atoms with Crippen LogP contribution < -0.4 is 0 Å². The highest BCUT2D eigenvalue weighted by Gasteiger charge is 2.37. The van der Waals surface area contributed by atoms with Crippen LogP contribution in [0.3, 0.4) is 0 Å². The number of aliphatic hydroxyl groups is 2. The molecule has 3 aromatic rings. The molecule has 0 unspecified atom stereocenters. The van der Waals surface area contributed by atoms with E-state index in [2.05, 4.69) is 5.10 Å². The summed E-state index contributed by atoms with van der Waals surface area (Å²) in [6.45, 7) is -0.0451. The van der Waals surface area contributed by atoms with Gasteiger partial charge in [-0.25, -0.2) is 9.07 Å². The van der Waals surface area contributed by atoms with E-state index in [1.165, 1.54) is 12.1 Å². The van der Waals surface area contributed by atoms with Crippen molar-refractivity contribution in [1.29, 1.82) is 0 Å². The molecule has 0 amide bonds. The Morgan fingerprint density at radius 1 is 1.04 bits per heavy atom. The number of benzene rings is 2. The maximum Gasteiger partial charge on any atom is 0.133 e. The van der Waals surface area contributed by atoms with Crippen molar-refractivity contribution in [2.24, 2.45) is 0 Å². The molecule has 0 spiro atoms. The molecule has 0 saturated heterocycles. The summed E-state index contributed by atoms with van der Waals surface area (Å²) in [5.41, 5.74) is 2.42. The van der Waals surface area contributed by atoms with Gasteiger partial charge in [-0.15, -0.1) is 0 Å². The zero-order valence-electron chi connectivity index (χ0n) is 15.3. The van der Waals surface area contributed by atoms with Gasteiger partial charge in [-0.2, -0.15) is 5.10 Å². The molecule has 6 heteroatoms. The molecular formula is C22H21FN2O3. The summed E-state index contributed by atoms with van der Waals surface area (Å²) in [5, 5.41) is 25.0. The molecule has 0 atom stereocenters. The van der Waals surface area contributed by atoms with E-state index in [-0.39, 0.29) is 18.2 Å². The molecule has 144 valence electrons. The topological polar surface area (TPSA) is 75.3 Å². The number of nitrogens with zero attached hydrogens (tertiary/aromatic N) is 2. The number of carbonyl (C=O) groups is 1. The number of hydrogen-bond donors (Lipinski definition) is 2. The fourth-order valence-corrected chi connectivity index (χ4v) is 3.57. The molecule has 0 radical (unpaired) electrons. The molecule has 1 heterocycles. The number of Topliss-reactive ketones (excluding diaryl/α,β-unsaturated/α-hetero) is 1. The van der Waals surface area contributed by atoms with E-state index in [1.807, 2.05) is 30.3 Å². The maximum absolute atomic E-state index is 13.4. The monoisotopic (exact) mass is 380 g/mol. The number of hydrogen-bond acceptors (Lipinski definition) is 4. The number of carbonyl (C=O) groups excluding carboxylic acids is 1. The third-order valence-corrected chi connectivity index (χ3v) is 5.32. The second-order valence-electron chi connectivity index (χ2n) is 7.23. The number of halogens is 1. The highest BCUT2D eigenvalue weighted by Crippen LogP contribution is 2.37. The minimum atomic E-state index is -1.15. The molecule has 1 fully saturated rings. The molecule has 1 aliphatic rings. The van der Waals surface area contributed by atoms with Gasteiger partial charge in [0.15, 0.2) is 0 Å². The van der Waals surface area contributed by atoms with Crippen LogP contribution in [-0.4, -0.2) is 25.8 Å². The van der Waals surface area contributed by atoms with Crippen LogP contribution in [0.5, 0.6) is 0 Å². The van der Waals surface area contributed by atoms with Gasteiger partial charge in [0, 0.05) is 18.4 Å². The SMILES string of the molecule is O=C1CCC(O)(c2cc(-c3ccc(CO)cc3)n(-c3ccc(F)cc3)n2)CC1. The quantitative estimate of drug-likeness (QED) is 0.726. The van der Waals surface area contributed by atoms with Crippen molar-refractivity contribution in [3.05, 3.63) is 71.7 Å². The van der Waals surface area contributed by atoms with Gasteiger partial charge in [-0.05, 0) is 48.7 Å². The van der Waals surface area contributed by atoms with Crippen LogP contribution in [-0.2, 0) is 17.0 Å². The summed E-state index contributed by atoms with van der Waals surface area (Å²) in [7, 11) is 0. The van der Waals surface area contributed by atoms with Crippen molar-refractivity contribution in [2.45, 2.75) is 37.9 Å². The van der Waals surface area contributed by atoms with E-state index in [0.717, 1.165) is 16.8 Å². The van der Waals surface area contributed by atoms with Gasteiger partial charge >= 0.3 is 0 Å². The summed E-state index contributed by atoms with van der Waals surface area (Å²) in [6, 6.07) is 15.2. The predicted octanol–water partition coefficient (Wildman–Crippen LogP) is 3.50. The van der Waals surface area contributed by atoms with E-state index in [0.29, 0.717) is 37.1 Å². The van der Waals surface area contributed by atoms with Crippen molar-refractivity contribution in [1.82, 2.24) is 9.78 Å². The molecule has 4 rings (SSSR count). The van der Waals surface area contributed by atoms with Gasteiger partial charge in [0.1, 0.15) is 17.2 Å². The zero-order chi connectivity index (χ0) is 19.7. The Labute approximate surface area is 162 Å². The number of aliphatic hydroxyl groups excluding tert-OH is 1. The lowest BCUT2D eigenvalue weighted by Gasteiger charge is -2.29. The smallest absolute Gasteiger partial charge is 0.133 e. The summed E-state index contributed by atoms with van der Waals surface area (Å²) in [5.74, 6) is -0.183. The van der Waals surface area contributed by atoms with Crippen molar-refractivity contribution < 1.29 is 19.4 Å².